The highest BCUT2D eigenvalue weighted by molar-refractivity contribution is 9.09. The van der Waals surface area contributed by atoms with Crippen molar-refractivity contribution >= 4 is 15.9 Å². The molecule has 0 radical (unpaired) electrons. The summed E-state index contributed by atoms with van der Waals surface area (Å²) in [7, 11) is 0. The van der Waals surface area contributed by atoms with Gasteiger partial charge in [-0.3, -0.25) is 4.90 Å². The summed E-state index contributed by atoms with van der Waals surface area (Å²) in [5, 5.41) is 0.982. The molecule has 2 aromatic carbocycles. The number of fused-ring (bicyclic) bond motifs is 1. The molecule has 0 spiro atoms. The molecule has 0 amide bonds. The lowest BCUT2D eigenvalue weighted by Crippen LogP contribution is -2.30. The fourth-order valence-corrected chi connectivity index (χ4v) is 3.39. The fraction of sp³-hybridized carbons (Fsp3) is 0.333. The molecule has 0 aliphatic carbocycles. The highest BCUT2D eigenvalue weighted by Gasteiger charge is 2.19. The Kier molecular flexibility index (Phi) is 4.94. The van der Waals surface area contributed by atoms with E-state index in [2.05, 4.69) is 69.4 Å². The Morgan fingerprint density at radius 3 is 2.62 bits per heavy atom. The maximum absolute atomic E-state index is 5.85. The molecule has 0 saturated carbocycles. The van der Waals surface area contributed by atoms with Crippen molar-refractivity contribution in [1.29, 1.82) is 0 Å². The van der Waals surface area contributed by atoms with Crippen LogP contribution in [0.3, 0.4) is 0 Å². The van der Waals surface area contributed by atoms with Gasteiger partial charge in [-0.05, 0) is 11.6 Å². The Morgan fingerprint density at radius 2 is 1.81 bits per heavy atom. The lowest BCUT2D eigenvalue weighted by molar-refractivity contribution is 0.219. The van der Waals surface area contributed by atoms with E-state index in [0.29, 0.717) is 5.92 Å². The van der Waals surface area contributed by atoms with Gasteiger partial charge in [-0.2, -0.15) is 0 Å². The predicted octanol–water partition coefficient (Wildman–Crippen LogP) is 4.06. The van der Waals surface area contributed by atoms with E-state index in [1.807, 2.05) is 6.07 Å². The molecule has 1 heterocycles. The minimum absolute atomic E-state index is 0.511. The first kappa shape index (κ1) is 14.6. The van der Waals surface area contributed by atoms with E-state index in [9.17, 15) is 0 Å². The molecule has 0 aromatic heterocycles. The third kappa shape index (κ3) is 3.66. The Hall–Kier alpha value is -1.32. The molecule has 2 nitrogen and oxygen atoms in total. The van der Waals surface area contributed by atoms with Crippen molar-refractivity contribution in [1.82, 2.24) is 4.90 Å². The van der Waals surface area contributed by atoms with E-state index in [1.165, 1.54) is 11.1 Å². The van der Waals surface area contributed by atoms with Crippen LogP contribution in [0.1, 0.15) is 17.0 Å². The van der Waals surface area contributed by atoms with E-state index in [4.69, 9.17) is 4.74 Å². The van der Waals surface area contributed by atoms with Crippen molar-refractivity contribution in [3.05, 3.63) is 65.7 Å². The number of nitrogens with zero attached hydrogens (tertiary/aromatic N) is 1. The van der Waals surface area contributed by atoms with Gasteiger partial charge in [0, 0.05) is 36.4 Å². The van der Waals surface area contributed by atoms with E-state index < -0.39 is 0 Å². The first-order valence-electron chi connectivity index (χ1n) is 7.41. The van der Waals surface area contributed by atoms with Crippen molar-refractivity contribution < 1.29 is 4.74 Å². The van der Waals surface area contributed by atoms with Crippen LogP contribution in [0, 0.1) is 0 Å². The first-order valence-corrected chi connectivity index (χ1v) is 8.53. The molecule has 3 rings (SSSR count). The van der Waals surface area contributed by atoms with Crippen molar-refractivity contribution in [2.75, 3.05) is 25.0 Å². The third-order valence-electron chi connectivity index (χ3n) is 3.97. The van der Waals surface area contributed by atoms with Gasteiger partial charge >= 0.3 is 0 Å². The summed E-state index contributed by atoms with van der Waals surface area (Å²) in [6, 6.07) is 19.1. The van der Waals surface area contributed by atoms with Crippen molar-refractivity contribution in [3.63, 3.8) is 0 Å². The number of hydrogen-bond acceptors (Lipinski definition) is 2. The lowest BCUT2D eigenvalue weighted by Gasteiger charge is -2.25. The summed E-state index contributed by atoms with van der Waals surface area (Å²) >= 11 is 3.67. The van der Waals surface area contributed by atoms with E-state index >= 15 is 0 Å². The van der Waals surface area contributed by atoms with E-state index in [-0.39, 0.29) is 0 Å². The molecule has 1 unspecified atom stereocenters. The Bertz CT molecular complexity index is 572. The van der Waals surface area contributed by atoms with E-state index in [0.717, 1.165) is 37.3 Å². The second kappa shape index (κ2) is 7.10. The van der Waals surface area contributed by atoms with Gasteiger partial charge in [0.2, 0.25) is 0 Å². The van der Waals surface area contributed by atoms with Gasteiger partial charge < -0.3 is 4.74 Å². The van der Waals surface area contributed by atoms with Crippen molar-refractivity contribution in [2.45, 2.75) is 12.5 Å². The predicted molar refractivity (Wildman–Crippen MR) is 90.2 cm³/mol. The van der Waals surface area contributed by atoms with Gasteiger partial charge in [0.25, 0.3) is 0 Å². The van der Waals surface area contributed by atoms with Crippen LogP contribution in [0.15, 0.2) is 54.6 Å². The summed E-state index contributed by atoms with van der Waals surface area (Å²) in [6.07, 6.45) is 0. The van der Waals surface area contributed by atoms with Crippen LogP contribution in [0.4, 0.5) is 0 Å². The van der Waals surface area contributed by atoms with Crippen LogP contribution in [-0.4, -0.2) is 29.9 Å². The molecule has 110 valence electrons. The number of rotatable bonds is 4. The normalized spacial score (nSPS) is 16.6. The molecule has 21 heavy (non-hydrogen) atoms. The molecule has 0 bridgehead atoms. The molecule has 1 atom stereocenters. The zero-order valence-electron chi connectivity index (χ0n) is 12.0. The number of ether oxygens (including phenoxy) is 1. The number of halogens is 1. The Balaban J connectivity index is 1.72. The topological polar surface area (TPSA) is 12.5 Å². The average molecular weight is 346 g/mol. The molecule has 1 aliphatic rings. The van der Waals surface area contributed by atoms with Crippen LogP contribution >= 0.6 is 15.9 Å². The van der Waals surface area contributed by atoms with Gasteiger partial charge in [0.05, 0.1) is 0 Å². The Labute approximate surface area is 134 Å². The Morgan fingerprint density at radius 1 is 1.05 bits per heavy atom. The maximum atomic E-state index is 5.85. The standard InChI is InChI=1S/C18H20BrNO/c19-12-17(15-6-2-1-3-7-15)14-20-10-11-21-18-9-5-4-8-16(18)13-20/h1-9,17H,10-14H2. The summed E-state index contributed by atoms with van der Waals surface area (Å²) in [5.41, 5.74) is 2.68. The van der Waals surface area contributed by atoms with E-state index in [1.54, 1.807) is 0 Å². The summed E-state index contributed by atoms with van der Waals surface area (Å²) in [5.74, 6) is 1.55. The molecule has 3 heteroatoms. The molecule has 0 N–H and O–H groups in total. The lowest BCUT2D eigenvalue weighted by atomic mass is 10.0. The van der Waals surface area contributed by atoms with Crippen molar-refractivity contribution in [2.24, 2.45) is 0 Å². The largest absolute Gasteiger partial charge is 0.492 e. The van der Waals surface area contributed by atoms with Gasteiger partial charge in [0.15, 0.2) is 0 Å². The van der Waals surface area contributed by atoms with Crippen LogP contribution in [-0.2, 0) is 6.54 Å². The number of benzene rings is 2. The highest BCUT2D eigenvalue weighted by Crippen LogP contribution is 2.25. The molecule has 0 fully saturated rings. The molecular formula is C18H20BrNO. The number of alkyl halides is 1. The van der Waals surface area contributed by atoms with Gasteiger partial charge in [-0.25, -0.2) is 0 Å². The fourth-order valence-electron chi connectivity index (χ4n) is 2.82. The maximum Gasteiger partial charge on any atom is 0.123 e. The summed E-state index contributed by atoms with van der Waals surface area (Å²) in [4.78, 5) is 2.49. The molecule has 1 aliphatic heterocycles. The minimum atomic E-state index is 0.511. The highest BCUT2D eigenvalue weighted by atomic mass is 79.9. The molecular weight excluding hydrogens is 326 g/mol. The molecule has 0 saturated heterocycles. The second-order valence-corrected chi connectivity index (χ2v) is 6.10. The smallest absolute Gasteiger partial charge is 0.123 e. The summed E-state index contributed by atoms with van der Waals surface area (Å²) < 4.78 is 5.85. The zero-order valence-corrected chi connectivity index (χ0v) is 13.6. The second-order valence-electron chi connectivity index (χ2n) is 5.45. The number of para-hydroxylation sites is 1. The quantitative estimate of drug-likeness (QED) is 0.774. The van der Waals surface area contributed by atoms with Gasteiger partial charge in [-0.1, -0.05) is 64.5 Å². The zero-order chi connectivity index (χ0) is 14.5. The van der Waals surface area contributed by atoms with Crippen LogP contribution in [0.5, 0.6) is 5.75 Å². The number of hydrogen-bond donors (Lipinski definition) is 0. The monoisotopic (exact) mass is 345 g/mol. The van der Waals surface area contributed by atoms with Gasteiger partial charge in [-0.15, -0.1) is 0 Å². The first-order chi connectivity index (χ1) is 10.4. The SMILES string of the molecule is BrCC(CN1CCOc2ccccc2C1)c1ccccc1. The van der Waals surface area contributed by atoms with Crippen LogP contribution in [0.25, 0.3) is 0 Å². The van der Waals surface area contributed by atoms with Crippen LogP contribution < -0.4 is 4.74 Å². The minimum Gasteiger partial charge on any atom is -0.492 e. The molecule has 2 aromatic rings. The summed E-state index contributed by atoms with van der Waals surface area (Å²) in [6.45, 7) is 3.76. The van der Waals surface area contributed by atoms with Crippen LogP contribution in [0.2, 0.25) is 0 Å². The average Bonchev–Trinajstić information content (AvgIpc) is 2.75. The third-order valence-corrected chi connectivity index (χ3v) is 4.75. The van der Waals surface area contributed by atoms with Gasteiger partial charge in [0.1, 0.15) is 12.4 Å². The van der Waals surface area contributed by atoms with Crippen molar-refractivity contribution in [3.8, 4) is 5.75 Å².